The number of hydrogen-bond donors (Lipinski definition) is 1. The number of carbonyl (C=O) groups is 1. The summed E-state index contributed by atoms with van der Waals surface area (Å²) in [6, 6.07) is 0. The molecular formula is C62H116N2O2. The Labute approximate surface area is 413 Å². The number of ether oxygens (including phenoxy) is 1. The topological polar surface area (TPSA) is 41.6 Å². The number of piperidine rings is 1. The van der Waals surface area contributed by atoms with E-state index in [1.165, 1.54) is 353 Å². The molecule has 386 valence electrons. The quantitative estimate of drug-likeness (QED) is 0.280. The van der Waals surface area contributed by atoms with Gasteiger partial charge in [0, 0.05) is 13.1 Å². The summed E-state index contributed by atoms with van der Waals surface area (Å²) in [5.41, 5.74) is 2.77. The Hall–Kier alpha value is -1.03. The minimum Gasteiger partial charge on any atom is -0.456 e. The van der Waals surface area contributed by atoms with Crippen LogP contribution in [0.25, 0.3) is 0 Å². The molecule has 3 heterocycles. The summed E-state index contributed by atoms with van der Waals surface area (Å²) < 4.78 is 5.58. The first kappa shape index (κ1) is 57.5. The van der Waals surface area contributed by atoms with E-state index in [-0.39, 0.29) is 5.97 Å². The van der Waals surface area contributed by atoms with Crippen molar-refractivity contribution in [2.24, 2.45) is 11.3 Å². The molecule has 0 aromatic rings. The standard InChI is InChI=1S/C62H116N2O2/c65-61-60(58-47-48-58)59(57-66-61)64-55-51-62(52-56-64)49-45-43-41-39-37-35-33-31-29-27-25-23-21-19-17-15-13-11-9-7-5-3-1-2-4-6-8-10-12-14-16-18-20-22-24-26-28-30-32-34-36-38-40-42-44-46-53-63-54-50-62/h58,63H,1-57H2. The first-order valence-corrected chi connectivity index (χ1v) is 31.1. The highest BCUT2D eigenvalue weighted by atomic mass is 16.5. The summed E-state index contributed by atoms with van der Waals surface area (Å²) in [7, 11) is 0. The zero-order valence-corrected chi connectivity index (χ0v) is 44.6. The third-order valence-electron chi connectivity index (χ3n) is 17.2. The maximum atomic E-state index is 12.6. The number of carbonyl (C=O) groups excluding carboxylic acids is 1. The van der Waals surface area contributed by atoms with Crippen molar-refractivity contribution < 1.29 is 9.53 Å². The molecule has 4 heteroatoms. The average Bonchev–Trinajstić information content (AvgIpc) is 4.10. The van der Waals surface area contributed by atoms with Gasteiger partial charge in [-0.05, 0) is 69.4 Å². The molecule has 1 N–H and O–H groups in total. The molecule has 0 amide bonds. The molecular weight excluding hydrogens is 805 g/mol. The van der Waals surface area contributed by atoms with Gasteiger partial charge in [-0.25, -0.2) is 4.79 Å². The van der Waals surface area contributed by atoms with Crippen LogP contribution in [0.15, 0.2) is 11.3 Å². The van der Waals surface area contributed by atoms with Gasteiger partial charge in [0.2, 0.25) is 0 Å². The van der Waals surface area contributed by atoms with Crippen LogP contribution in [0.2, 0.25) is 0 Å². The average molecular weight is 922 g/mol. The van der Waals surface area contributed by atoms with Crippen LogP contribution >= 0.6 is 0 Å². The molecule has 0 aromatic carbocycles. The largest absolute Gasteiger partial charge is 0.456 e. The Bertz CT molecular complexity index is 1080. The predicted octanol–water partition coefficient (Wildman–Crippen LogP) is 19.6. The zero-order chi connectivity index (χ0) is 46.1. The van der Waals surface area contributed by atoms with Crippen molar-refractivity contribution in [1.82, 2.24) is 10.2 Å². The van der Waals surface area contributed by atoms with Crippen molar-refractivity contribution in [3.63, 3.8) is 0 Å². The molecule has 1 aliphatic carbocycles. The second kappa shape index (κ2) is 40.7. The Morgan fingerprint density at radius 2 is 0.636 bits per heavy atom. The number of nitrogens with zero attached hydrogens (tertiary/aromatic N) is 1. The molecule has 4 rings (SSSR count). The summed E-state index contributed by atoms with van der Waals surface area (Å²) in [6.07, 6.45) is 75.1. The lowest BCUT2D eigenvalue weighted by molar-refractivity contribution is -0.136. The lowest BCUT2D eigenvalue weighted by Gasteiger charge is -2.43. The molecule has 1 saturated carbocycles. The van der Waals surface area contributed by atoms with Crippen LogP contribution in [0.3, 0.4) is 0 Å². The van der Waals surface area contributed by atoms with Gasteiger partial charge in [-0.3, -0.25) is 0 Å². The molecule has 0 aromatic heterocycles. The van der Waals surface area contributed by atoms with Gasteiger partial charge in [0.15, 0.2) is 0 Å². The van der Waals surface area contributed by atoms with E-state index < -0.39 is 0 Å². The van der Waals surface area contributed by atoms with Crippen LogP contribution < -0.4 is 5.32 Å². The fraction of sp³-hybridized carbons (Fsp3) is 0.952. The molecule has 1 spiro atoms. The molecule has 0 unspecified atom stereocenters. The molecule has 66 heavy (non-hydrogen) atoms. The van der Waals surface area contributed by atoms with Gasteiger partial charge in [0.05, 0.1) is 11.3 Å². The summed E-state index contributed by atoms with van der Waals surface area (Å²) in [5, 5.41) is 3.90. The molecule has 0 radical (unpaired) electrons. The van der Waals surface area contributed by atoms with E-state index in [2.05, 4.69) is 10.2 Å². The molecule has 2 saturated heterocycles. The van der Waals surface area contributed by atoms with Crippen molar-refractivity contribution in [2.45, 2.75) is 334 Å². The van der Waals surface area contributed by atoms with Gasteiger partial charge in [0.25, 0.3) is 0 Å². The number of rotatable bonds is 2. The summed E-state index contributed by atoms with van der Waals surface area (Å²) in [5.74, 6) is 0.472. The van der Waals surface area contributed by atoms with Crippen LogP contribution in [0.5, 0.6) is 0 Å². The lowest BCUT2D eigenvalue weighted by atomic mass is 9.71. The molecule has 0 bridgehead atoms. The molecule has 3 aliphatic heterocycles. The third kappa shape index (κ3) is 29.2. The highest BCUT2D eigenvalue weighted by Crippen LogP contribution is 2.45. The highest BCUT2D eigenvalue weighted by Gasteiger charge is 2.42. The van der Waals surface area contributed by atoms with Crippen molar-refractivity contribution >= 4 is 5.97 Å². The van der Waals surface area contributed by atoms with Gasteiger partial charge in [0.1, 0.15) is 6.61 Å². The summed E-state index contributed by atoms with van der Waals surface area (Å²) in [4.78, 5) is 15.1. The van der Waals surface area contributed by atoms with Crippen molar-refractivity contribution in [3.8, 4) is 0 Å². The van der Waals surface area contributed by atoms with Crippen LogP contribution in [0.4, 0.5) is 0 Å². The van der Waals surface area contributed by atoms with E-state index in [4.69, 9.17) is 4.74 Å². The van der Waals surface area contributed by atoms with Crippen molar-refractivity contribution in [2.75, 3.05) is 32.8 Å². The SMILES string of the molecule is O=C1OCC(N2CCC3(CCCCCCCCCCCCCCCCCCCCCCCCCCCCCCCCCCCCCCCCCCCCCCCCNCC3)CC2)=C1C1CC1. The van der Waals surface area contributed by atoms with E-state index >= 15 is 0 Å². The Balaban J connectivity index is 1.05. The first-order chi connectivity index (χ1) is 32.8. The van der Waals surface area contributed by atoms with E-state index in [1.54, 1.807) is 0 Å². The number of hydrogen-bond acceptors (Lipinski definition) is 4. The van der Waals surface area contributed by atoms with E-state index in [0.29, 0.717) is 17.9 Å². The Kier molecular flexibility index (Phi) is 35.5. The minimum absolute atomic E-state index is 0.0141. The lowest BCUT2D eigenvalue weighted by Crippen LogP contribution is -2.41. The first-order valence-electron chi connectivity index (χ1n) is 31.1. The third-order valence-corrected chi connectivity index (χ3v) is 17.2. The van der Waals surface area contributed by atoms with E-state index in [1.807, 2.05) is 0 Å². The maximum Gasteiger partial charge on any atom is 0.336 e. The number of likely N-dealkylation sites (tertiary alicyclic amines) is 1. The van der Waals surface area contributed by atoms with E-state index in [0.717, 1.165) is 18.7 Å². The van der Waals surface area contributed by atoms with Gasteiger partial charge < -0.3 is 15.0 Å². The minimum atomic E-state index is -0.0141. The molecule has 4 nitrogen and oxygen atoms in total. The van der Waals surface area contributed by atoms with Crippen molar-refractivity contribution in [1.29, 1.82) is 0 Å². The number of esters is 1. The van der Waals surface area contributed by atoms with Crippen LogP contribution in [0.1, 0.15) is 334 Å². The fourth-order valence-electron chi connectivity index (χ4n) is 12.3. The molecule has 3 fully saturated rings. The van der Waals surface area contributed by atoms with Gasteiger partial charge in [-0.15, -0.1) is 0 Å². The van der Waals surface area contributed by atoms with E-state index in [9.17, 15) is 4.79 Å². The number of cyclic esters (lactones) is 1. The van der Waals surface area contributed by atoms with Crippen LogP contribution in [-0.2, 0) is 9.53 Å². The number of nitrogens with one attached hydrogen (secondary N) is 1. The Morgan fingerprint density at radius 3 is 0.939 bits per heavy atom. The summed E-state index contributed by atoms with van der Waals surface area (Å²) >= 11 is 0. The second-order valence-corrected chi connectivity index (χ2v) is 23.2. The smallest absolute Gasteiger partial charge is 0.336 e. The van der Waals surface area contributed by atoms with Crippen LogP contribution in [-0.4, -0.2) is 43.7 Å². The summed E-state index contributed by atoms with van der Waals surface area (Å²) in [6.45, 7) is 5.13. The molecule has 0 atom stereocenters. The van der Waals surface area contributed by atoms with Crippen LogP contribution in [0, 0.1) is 11.3 Å². The maximum absolute atomic E-state index is 12.6. The normalized spacial score (nSPS) is 25.8. The highest BCUT2D eigenvalue weighted by molar-refractivity contribution is 5.92. The second-order valence-electron chi connectivity index (χ2n) is 23.2. The van der Waals surface area contributed by atoms with Crippen molar-refractivity contribution in [3.05, 3.63) is 11.3 Å². The monoisotopic (exact) mass is 921 g/mol. The predicted molar refractivity (Wildman–Crippen MR) is 288 cm³/mol. The van der Waals surface area contributed by atoms with Gasteiger partial charge in [-0.2, -0.15) is 0 Å². The van der Waals surface area contributed by atoms with Gasteiger partial charge in [-0.1, -0.05) is 289 Å². The Morgan fingerprint density at radius 1 is 0.348 bits per heavy atom. The van der Waals surface area contributed by atoms with Gasteiger partial charge >= 0.3 is 5.97 Å². The zero-order valence-electron chi connectivity index (χ0n) is 44.6. The molecule has 4 aliphatic rings. The fourth-order valence-corrected chi connectivity index (χ4v) is 12.3.